The second-order valence-electron chi connectivity index (χ2n) is 4.41. The van der Waals surface area contributed by atoms with Crippen molar-refractivity contribution in [2.24, 2.45) is 5.73 Å². The first-order valence-corrected chi connectivity index (χ1v) is 6.66. The van der Waals surface area contributed by atoms with Crippen LogP contribution in [0.5, 0.6) is 0 Å². The van der Waals surface area contributed by atoms with Crippen molar-refractivity contribution in [3.63, 3.8) is 0 Å². The fourth-order valence-corrected chi connectivity index (χ4v) is 1.95. The van der Waals surface area contributed by atoms with Gasteiger partial charge in [-0.25, -0.2) is 4.39 Å². The van der Waals surface area contributed by atoms with Crippen molar-refractivity contribution in [3.8, 4) is 0 Å². The number of carbonyl (C=O) groups is 1. The van der Waals surface area contributed by atoms with E-state index in [9.17, 15) is 9.18 Å². The first-order chi connectivity index (χ1) is 8.84. The van der Waals surface area contributed by atoms with E-state index in [1.807, 2.05) is 13.8 Å². The summed E-state index contributed by atoms with van der Waals surface area (Å²) in [6, 6.07) is 4.12. The maximum absolute atomic E-state index is 13.4. The molecule has 0 aliphatic carbocycles. The molecule has 0 radical (unpaired) electrons. The molecule has 1 amide bonds. The third-order valence-corrected chi connectivity index (χ3v) is 3.25. The van der Waals surface area contributed by atoms with Crippen molar-refractivity contribution >= 4 is 34.7 Å². The van der Waals surface area contributed by atoms with E-state index in [2.05, 4.69) is 0 Å². The molecule has 0 bridgehead atoms. The number of hydrogen-bond acceptors (Lipinski definition) is 2. The molecule has 0 atom stereocenters. The molecule has 3 nitrogen and oxygen atoms in total. The van der Waals surface area contributed by atoms with Gasteiger partial charge in [-0.15, -0.1) is 0 Å². The molecule has 0 saturated heterocycles. The van der Waals surface area contributed by atoms with Crippen LogP contribution in [0, 0.1) is 5.82 Å². The van der Waals surface area contributed by atoms with Gasteiger partial charge in [0, 0.05) is 19.0 Å². The first kappa shape index (κ1) is 15.9. The number of rotatable bonds is 5. The van der Waals surface area contributed by atoms with Crippen molar-refractivity contribution in [2.75, 3.05) is 6.54 Å². The van der Waals surface area contributed by atoms with Gasteiger partial charge in [0.25, 0.3) is 5.91 Å². The Morgan fingerprint density at radius 1 is 1.53 bits per heavy atom. The highest BCUT2D eigenvalue weighted by atomic mass is 35.5. The summed E-state index contributed by atoms with van der Waals surface area (Å²) in [6.07, 6.45) is 0.423. The quantitative estimate of drug-likeness (QED) is 0.851. The van der Waals surface area contributed by atoms with Crippen LogP contribution in [-0.4, -0.2) is 28.4 Å². The molecule has 1 rings (SSSR count). The molecule has 0 saturated carbocycles. The van der Waals surface area contributed by atoms with E-state index in [1.54, 1.807) is 4.90 Å². The third kappa shape index (κ3) is 4.14. The Balaban J connectivity index is 2.99. The second kappa shape index (κ2) is 6.82. The monoisotopic (exact) mass is 302 g/mol. The molecule has 1 aromatic rings. The fraction of sp³-hybridized carbons (Fsp3) is 0.385. The second-order valence-corrected chi connectivity index (χ2v) is 5.31. The zero-order chi connectivity index (χ0) is 14.6. The molecule has 0 aromatic heterocycles. The Morgan fingerprint density at radius 2 is 2.16 bits per heavy atom. The topological polar surface area (TPSA) is 46.3 Å². The predicted molar refractivity (Wildman–Crippen MR) is 79.0 cm³/mol. The van der Waals surface area contributed by atoms with Gasteiger partial charge in [-0.2, -0.15) is 0 Å². The van der Waals surface area contributed by atoms with Gasteiger partial charge >= 0.3 is 0 Å². The van der Waals surface area contributed by atoms with Crippen LogP contribution in [0.15, 0.2) is 18.2 Å². The van der Waals surface area contributed by atoms with E-state index in [-0.39, 0.29) is 22.5 Å². The molecule has 19 heavy (non-hydrogen) atoms. The minimum Gasteiger partial charge on any atom is -0.393 e. The molecule has 0 heterocycles. The minimum atomic E-state index is -0.606. The molecule has 0 unspecified atom stereocenters. The number of amides is 1. The van der Waals surface area contributed by atoms with Crippen LogP contribution in [0.25, 0.3) is 0 Å². The highest BCUT2D eigenvalue weighted by Gasteiger charge is 2.22. The zero-order valence-corrected chi connectivity index (χ0v) is 12.4. The smallest absolute Gasteiger partial charge is 0.255 e. The molecule has 2 N–H and O–H groups in total. The largest absolute Gasteiger partial charge is 0.393 e. The summed E-state index contributed by atoms with van der Waals surface area (Å²) in [5.41, 5.74) is 5.59. The van der Waals surface area contributed by atoms with Gasteiger partial charge in [-0.1, -0.05) is 29.9 Å². The Morgan fingerprint density at radius 3 is 2.68 bits per heavy atom. The molecule has 0 aliphatic rings. The summed E-state index contributed by atoms with van der Waals surface area (Å²) in [5.74, 6) is -0.929. The number of benzene rings is 1. The van der Waals surface area contributed by atoms with Crippen LogP contribution in [0.1, 0.15) is 30.6 Å². The molecular weight excluding hydrogens is 287 g/mol. The summed E-state index contributed by atoms with van der Waals surface area (Å²) >= 11 is 10.6. The van der Waals surface area contributed by atoms with Crippen molar-refractivity contribution in [3.05, 3.63) is 34.6 Å². The lowest BCUT2D eigenvalue weighted by molar-refractivity contribution is 0.0711. The molecule has 6 heteroatoms. The highest BCUT2D eigenvalue weighted by molar-refractivity contribution is 7.80. The van der Waals surface area contributed by atoms with Gasteiger partial charge in [0.1, 0.15) is 5.82 Å². The van der Waals surface area contributed by atoms with Gasteiger partial charge in [-0.05, 0) is 26.0 Å². The summed E-state index contributed by atoms with van der Waals surface area (Å²) < 4.78 is 13.4. The summed E-state index contributed by atoms with van der Waals surface area (Å²) in [5, 5.41) is -0.159. The van der Waals surface area contributed by atoms with Crippen LogP contribution < -0.4 is 5.73 Å². The average Bonchev–Trinajstić information content (AvgIpc) is 2.31. The Labute approximate surface area is 122 Å². The Kier molecular flexibility index (Phi) is 5.69. The molecule has 0 aliphatic heterocycles. The number of hydrogen-bond donors (Lipinski definition) is 1. The maximum atomic E-state index is 13.4. The van der Waals surface area contributed by atoms with E-state index >= 15 is 0 Å². The lowest BCUT2D eigenvalue weighted by Gasteiger charge is -2.27. The van der Waals surface area contributed by atoms with Crippen molar-refractivity contribution in [1.82, 2.24) is 4.90 Å². The van der Waals surface area contributed by atoms with E-state index in [1.165, 1.54) is 18.2 Å². The highest BCUT2D eigenvalue weighted by Crippen LogP contribution is 2.22. The molecular formula is C13H16ClFN2OS. The number of halogens is 2. The van der Waals surface area contributed by atoms with Gasteiger partial charge in [0.05, 0.1) is 15.6 Å². The summed E-state index contributed by atoms with van der Waals surface area (Å²) in [6.45, 7) is 4.12. The van der Waals surface area contributed by atoms with Crippen LogP contribution in [0.4, 0.5) is 4.39 Å². The summed E-state index contributed by atoms with van der Waals surface area (Å²) in [7, 11) is 0. The van der Waals surface area contributed by atoms with Gasteiger partial charge in [-0.3, -0.25) is 4.79 Å². The number of carbonyl (C=O) groups excluding carboxylic acids is 1. The van der Waals surface area contributed by atoms with Crippen LogP contribution >= 0.6 is 23.8 Å². The van der Waals surface area contributed by atoms with Crippen LogP contribution in [-0.2, 0) is 0 Å². The maximum Gasteiger partial charge on any atom is 0.255 e. The van der Waals surface area contributed by atoms with Gasteiger partial charge < -0.3 is 10.6 Å². The fourth-order valence-electron chi connectivity index (χ4n) is 1.65. The van der Waals surface area contributed by atoms with E-state index in [0.29, 0.717) is 18.0 Å². The molecule has 0 spiro atoms. The number of thiocarbonyl (C=S) groups is 1. The minimum absolute atomic E-state index is 0.0545. The van der Waals surface area contributed by atoms with Crippen molar-refractivity contribution < 1.29 is 9.18 Å². The summed E-state index contributed by atoms with van der Waals surface area (Å²) in [4.78, 5) is 14.3. The van der Waals surface area contributed by atoms with E-state index < -0.39 is 5.82 Å². The third-order valence-electron chi connectivity index (χ3n) is 2.67. The number of nitrogens with two attached hydrogens (primary N) is 1. The van der Waals surface area contributed by atoms with Crippen molar-refractivity contribution in [2.45, 2.75) is 26.3 Å². The van der Waals surface area contributed by atoms with Crippen LogP contribution in [0.3, 0.4) is 0 Å². The Bertz CT molecular complexity index is 494. The van der Waals surface area contributed by atoms with Gasteiger partial charge in [0.2, 0.25) is 0 Å². The van der Waals surface area contributed by atoms with Gasteiger partial charge in [0.15, 0.2) is 0 Å². The normalized spacial score (nSPS) is 10.6. The Hall–Kier alpha value is -1.20. The number of nitrogens with zero attached hydrogens (tertiary/aromatic N) is 1. The van der Waals surface area contributed by atoms with Crippen molar-refractivity contribution in [1.29, 1.82) is 0 Å². The molecule has 104 valence electrons. The lowest BCUT2D eigenvalue weighted by Crippen LogP contribution is -2.39. The van der Waals surface area contributed by atoms with E-state index in [0.717, 1.165) is 0 Å². The zero-order valence-electron chi connectivity index (χ0n) is 10.8. The standard InChI is InChI=1S/C13H16ClFN2OS/c1-8(2)17(7-6-11(16)19)13(18)9-4-3-5-10(15)12(9)14/h3-5,8H,6-7H2,1-2H3,(H2,16,19). The first-order valence-electron chi connectivity index (χ1n) is 5.88. The average molecular weight is 303 g/mol. The van der Waals surface area contributed by atoms with Crippen LogP contribution in [0.2, 0.25) is 5.02 Å². The molecule has 0 fully saturated rings. The molecule has 1 aromatic carbocycles. The van der Waals surface area contributed by atoms with E-state index in [4.69, 9.17) is 29.6 Å². The predicted octanol–water partition coefficient (Wildman–Crippen LogP) is 3.01. The lowest BCUT2D eigenvalue weighted by atomic mass is 10.1. The SMILES string of the molecule is CC(C)N(CCC(N)=S)C(=O)c1cccc(F)c1Cl.